The first-order valence-corrected chi connectivity index (χ1v) is 8.52. The van der Waals surface area contributed by atoms with Crippen LogP contribution in [0.5, 0.6) is 0 Å². The Morgan fingerprint density at radius 3 is 2.58 bits per heavy atom. The molecule has 0 saturated carbocycles. The lowest BCUT2D eigenvalue weighted by Crippen LogP contribution is -2.28. The van der Waals surface area contributed by atoms with E-state index in [4.69, 9.17) is 5.11 Å². The molecule has 0 heterocycles. The molecule has 0 unspecified atom stereocenters. The van der Waals surface area contributed by atoms with Gasteiger partial charge < -0.3 is 5.11 Å². The molecule has 1 aromatic rings. The van der Waals surface area contributed by atoms with Gasteiger partial charge in [-0.15, -0.1) is 0 Å². The Bertz CT molecular complexity index is 517. The number of hydrogen-bond donors (Lipinski definition) is 1. The largest absolute Gasteiger partial charge is 0.392 e. The first kappa shape index (κ1) is 16.6. The molecule has 1 aromatic carbocycles. The van der Waals surface area contributed by atoms with Gasteiger partial charge in [-0.1, -0.05) is 25.8 Å². The quantitative estimate of drug-likeness (QED) is 0.770. The van der Waals surface area contributed by atoms with Gasteiger partial charge in [0.05, 0.1) is 11.5 Å². The predicted octanol–water partition coefficient (Wildman–Crippen LogP) is 2.75. The van der Waals surface area contributed by atoms with Crippen LogP contribution in [0, 0.1) is 0 Å². The second-order valence-corrected chi connectivity index (χ2v) is 7.32. The Hall–Kier alpha value is -0.430. The van der Waals surface area contributed by atoms with Crippen molar-refractivity contribution >= 4 is 26.0 Å². The van der Waals surface area contributed by atoms with E-state index in [-0.39, 0.29) is 11.5 Å². The van der Waals surface area contributed by atoms with Crippen molar-refractivity contribution in [3.8, 4) is 0 Å². The lowest BCUT2D eigenvalue weighted by Gasteiger charge is -2.18. The summed E-state index contributed by atoms with van der Waals surface area (Å²) in [7, 11) is -1.92. The van der Waals surface area contributed by atoms with E-state index in [1.54, 1.807) is 19.2 Å². The fraction of sp³-hybridized carbons (Fsp3) is 0.538. The van der Waals surface area contributed by atoms with Gasteiger partial charge in [0.25, 0.3) is 0 Å². The van der Waals surface area contributed by atoms with Gasteiger partial charge in [0.2, 0.25) is 10.0 Å². The van der Waals surface area contributed by atoms with Gasteiger partial charge in [0, 0.05) is 18.1 Å². The first-order valence-electron chi connectivity index (χ1n) is 6.29. The van der Waals surface area contributed by atoms with E-state index in [1.807, 2.05) is 0 Å². The van der Waals surface area contributed by atoms with Crippen LogP contribution in [0.3, 0.4) is 0 Å². The molecular weight excluding hydrogens is 330 g/mol. The minimum Gasteiger partial charge on any atom is -0.392 e. The summed E-state index contributed by atoms with van der Waals surface area (Å²) in [6, 6.07) is 4.86. The first-order chi connectivity index (χ1) is 8.93. The Morgan fingerprint density at radius 2 is 2.00 bits per heavy atom. The second kappa shape index (κ2) is 7.38. The highest BCUT2D eigenvalue weighted by Crippen LogP contribution is 2.26. The van der Waals surface area contributed by atoms with Crippen LogP contribution in [0.15, 0.2) is 27.6 Å². The van der Waals surface area contributed by atoms with E-state index < -0.39 is 10.0 Å². The molecule has 108 valence electrons. The van der Waals surface area contributed by atoms with Gasteiger partial charge >= 0.3 is 0 Å². The maximum atomic E-state index is 12.4. The maximum absolute atomic E-state index is 12.4. The molecule has 0 amide bonds. The molecule has 6 heteroatoms. The monoisotopic (exact) mass is 349 g/mol. The minimum absolute atomic E-state index is 0.171. The standard InChI is InChI=1S/C13H20BrNO3S/c1-3-4-5-8-15(2)19(17,18)13-9-11(10-16)6-7-12(13)14/h6-7,9,16H,3-5,8,10H2,1-2H3. The molecule has 0 aliphatic rings. The highest BCUT2D eigenvalue weighted by atomic mass is 79.9. The zero-order chi connectivity index (χ0) is 14.5. The van der Waals surface area contributed by atoms with Crippen molar-refractivity contribution in [2.24, 2.45) is 0 Å². The van der Waals surface area contributed by atoms with Crippen molar-refractivity contribution in [2.45, 2.75) is 37.7 Å². The molecule has 0 saturated heterocycles. The molecule has 0 radical (unpaired) electrons. The molecular formula is C13H20BrNO3S. The SMILES string of the molecule is CCCCCN(C)S(=O)(=O)c1cc(CO)ccc1Br. The van der Waals surface area contributed by atoms with E-state index in [9.17, 15) is 8.42 Å². The van der Waals surface area contributed by atoms with E-state index >= 15 is 0 Å². The molecule has 0 atom stereocenters. The Morgan fingerprint density at radius 1 is 1.32 bits per heavy atom. The topological polar surface area (TPSA) is 57.6 Å². The lowest BCUT2D eigenvalue weighted by atomic mass is 10.2. The zero-order valence-corrected chi connectivity index (χ0v) is 13.7. The van der Waals surface area contributed by atoms with E-state index in [2.05, 4.69) is 22.9 Å². The molecule has 0 aliphatic heterocycles. The van der Waals surface area contributed by atoms with Gasteiger partial charge in [-0.3, -0.25) is 0 Å². The number of aliphatic hydroxyl groups excluding tert-OH is 1. The van der Waals surface area contributed by atoms with Crippen LogP contribution >= 0.6 is 15.9 Å². The van der Waals surface area contributed by atoms with Gasteiger partial charge in [-0.2, -0.15) is 0 Å². The van der Waals surface area contributed by atoms with Crippen LogP contribution in [-0.4, -0.2) is 31.4 Å². The third-order valence-electron chi connectivity index (χ3n) is 2.94. The molecule has 1 rings (SSSR count). The normalized spacial score (nSPS) is 12.1. The minimum atomic E-state index is -3.51. The molecule has 0 spiro atoms. The number of rotatable bonds is 7. The predicted molar refractivity (Wildman–Crippen MR) is 79.4 cm³/mol. The third kappa shape index (κ3) is 4.27. The van der Waals surface area contributed by atoms with Crippen molar-refractivity contribution in [3.05, 3.63) is 28.2 Å². The highest BCUT2D eigenvalue weighted by molar-refractivity contribution is 9.10. The average molecular weight is 350 g/mol. The van der Waals surface area contributed by atoms with Crippen LogP contribution in [-0.2, 0) is 16.6 Å². The van der Waals surface area contributed by atoms with E-state index in [1.165, 1.54) is 10.4 Å². The maximum Gasteiger partial charge on any atom is 0.243 e. The number of unbranched alkanes of at least 4 members (excludes halogenated alkanes) is 2. The second-order valence-electron chi connectivity index (χ2n) is 4.46. The number of sulfonamides is 1. The van der Waals surface area contributed by atoms with Crippen molar-refractivity contribution in [3.63, 3.8) is 0 Å². The molecule has 19 heavy (non-hydrogen) atoms. The molecule has 0 aromatic heterocycles. The smallest absolute Gasteiger partial charge is 0.243 e. The molecule has 1 N–H and O–H groups in total. The van der Waals surface area contributed by atoms with Gasteiger partial charge in [-0.05, 0) is 40.0 Å². The van der Waals surface area contributed by atoms with Crippen molar-refractivity contribution in [1.29, 1.82) is 0 Å². The van der Waals surface area contributed by atoms with Crippen LogP contribution in [0.4, 0.5) is 0 Å². The van der Waals surface area contributed by atoms with Gasteiger partial charge in [-0.25, -0.2) is 12.7 Å². The summed E-state index contributed by atoms with van der Waals surface area (Å²) in [5, 5.41) is 9.11. The van der Waals surface area contributed by atoms with Gasteiger partial charge in [0.1, 0.15) is 0 Å². The zero-order valence-electron chi connectivity index (χ0n) is 11.3. The Kier molecular flexibility index (Phi) is 6.46. The van der Waals surface area contributed by atoms with Crippen LogP contribution < -0.4 is 0 Å². The highest BCUT2D eigenvalue weighted by Gasteiger charge is 2.23. The average Bonchev–Trinajstić information content (AvgIpc) is 2.39. The summed E-state index contributed by atoms with van der Waals surface area (Å²) in [4.78, 5) is 0.207. The summed E-state index contributed by atoms with van der Waals surface area (Å²) >= 11 is 3.26. The number of hydrogen-bond acceptors (Lipinski definition) is 3. The Labute approximate surface area is 123 Å². The van der Waals surface area contributed by atoms with E-state index in [0.717, 1.165) is 19.3 Å². The summed E-state index contributed by atoms with van der Waals surface area (Å²) in [6.45, 7) is 2.41. The molecule has 0 bridgehead atoms. The summed E-state index contributed by atoms with van der Waals surface area (Å²) < 4.78 is 26.7. The number of halogens is 1. The molecule has 0 fully saturated rings. The summed E-state index contributed by atoms with van der Waals surface area (Å²) in [5.74, 6) is 0. The lowest BCUT2D eigenvalue weighted by molar-refractivity contribution is 0.281. The van der Waals surface area contributed by atoms with Crippen LogP contribution in [0.25, 0.3) is 0 Å². The van der Waals surface area contributed by atoms with Crippen LogP contribution in [0.1, 0.15) is 31.7 Å². The van der Waals surface area contributed by atoms with Crippen molar-refractivity contribution in [1.82, 2.24) is 4.31 Å². The van der Waals surface area contributed by atoms with Crippen molar-refractivity contribution < 1.29 is 13.5 Å². The van der Waals surface area contributed by atoms with Gasteiger partial charge in [0.15, 0.2) is 0 Å². The number of benzene rings is 1. The summed E-state index contributed by atoms with van der Waals surface area (Å²) in [5.41, 5.74) is 0.587. The third-order valence-corrected chi connectivity index (χ3v) is 5.79. The summed E-state index contributed by atoms with van der Waals surface area (Å²) in [6.07, 6.45) is 2.92. The fourth-order valence-electron chi connectivity index (χ4n) is 1.72. The fourth-order valence-corrected chi connectivity index (χ4v) is 3.90. The molecule has 4 nitrogen and oxygen atoms in total. The van der Waals surface area contributed by atoms with E-state index in [0.29, 0.717) is 16.6 Å². The van der Waals surface area contributed by atoms with Crippen molar-refractivity contribution in [2.75, 3.05) is 13.6 Å². The van der Waals surface area contributed by atoms with Crippen LogP contribution in [0.2, 0.25) is 0 Å². The number of aliphatic hydroxyl groups is 1. The number of nitrogens with zero attached hydrogens (tertiary/aromatic N) is 1. The Balaban J connectivity index is 2.99. The molecule has 0 aliphatic carbocycles.